The number of allylic oxidation sites excluding steroid dienone is 1. The van der Waals surface area contributed by atoms with Crippen molar-refractivity contribution in [1.29, 1.82) is 0 Å². The van der Waals surface area contributed by atoms with Gasteiger partial charge < -0.3 is 15.4 Å². The molecule has 0 radical (unpaired) electrons. The van der Waals surface area contributed by atoms with Crippen molar-refractivity contribution in [3.05, 3.63) is 58.0 Å². The van der Waals surface area contributed by atoms with Crippen LogP contribution in [0.4, 0.5) is 10.2 Å². The van der Waals surface area contributed by atoms with Crippen LogP contribution in [0.1, 0.15) is 64.2 Å². The lowest BCUT2D eigenvalue weighted by molar-refractivity contribution is -0.117. The molecule has 166 valence electrons. The maximum Gasteiger partial charge on any atom is 0.253 e. The van der Waals surface area contributed by atoms with Crippen molar-refractivity contribution in [2.24, 2.45) is 5.92 Å². The molecule has 5 rings (SSSR count). The molecule has 0 unspecified atom stereocenters. The third-order valence-corrected chi connectivity index (χ3v) is 6.81. The third-order valence-electron chi connectivity index (χ3n) is 6.81. The molecule has 0 bridgehead atoms. The van der Waals surface area contributed by atoms with Crippen LogP contribution in [0.15, 0.2) is 24.4 Å². The predicted molar refractivity (Wildman–Crippen MR) is 120 cm³/mol. The number of nitrogens with one attached hydrogen (secondary N) is 2. The molecule has 32 heavy (non-hydrogen) atoms. The van der Waals surface area contributed by atoms with Gasteiger partial charge in [-0.1, -0.05) is 18.2 Å². The highest BCUT2D eigenvalue weighted by molar-refractivity contribution is 6.04. The van der Waals surface area contributed by atoms with E-state index in [1.807, 2.05) is 18.2 Å². The highest BCUT2D eigenvalue weighted by atomic mass is 19.1. The Morgan fingerprint density at radius 1 is 1.22 bits per heavy atom. The van der Waals surface area contributed by atoms with E-state index in [0.29, 0.717) is 34.5 Å². The first-order valence-corrected chi connectivity index (χ1v) is 11.1. The number of hydrogen-bond acceptors (Lipinski definition) is 4. The van der Waals surface area contributed by atoms with Gasteiger partial charge >= 0.3 is 0 Å². The van der Waals surface area contributed by atoms with E-state index < -0.39 is 0 Å². The van der Waals surface area contributed by atoms with Crippen molar-refractivity contribution in [3.63, 3.8) is 0 Å². The number of amides is 2. The molecule has 2 saturated carbocycles. The summed E-state index contributed by atoms with van der Waals surface area (Å²) >= 11 is 0. The third kappa shape index (κ3) is 3.60. The zero-order valence-electron chi connectivity index (χ0n) is 18.2. The molecule has 1 heterocycles. The minimum absolute atomic E-state index is 0.0347. The molecule has 2 amide bonds. The fourth-order valence-corrected chi connectivity index (χ4v) is 4.61. The van der Waals surface area contributed by atoms with E-state index in [4.69, 9.17) is 4.74 Å². The minimum atomic E-state index is -0.263. The number of nitrogens with zero attached hydrogens (tertiary/aromatic N) is 1. The number of fused-ring (bicyclic) bond motifs is 1. The average molecular weight is 435 g/mol. The van der Waals surface area contributed by atoms with Gasteiger partial charge in [0.15, 0.2) is 0 Å². The molecule has 0 atom stereocenters. The van der Waals surface area contributed by atoms with Crippen LogP contribution in [-0.2, 0) is 16.0 Å². The second-order valence-electron chi connectivity index (χ2n) is 8.84. The standard InChI is InChI=1S/C25H26FN3O3/c1-27-25(31)21-12-28-23(29-24(30)13-6-7-13)20-11-15(10-19(20)21)18-5-3-4-17(22(18)26)14-8-16(9-14)32-2/h3-5,10,12-14,16H,6-9,11H2,1-2H3,(H,27,31)(H,28,29,30). The average Bonchev–Trinajstić information content (AvgIpc) is 3.52. The molecular formula is C25H26FN3O3. The van der Waals surface area contributed by atoms with E-state index in [2.05, 4.69) is 15.6 Å². The fourth-order valence-electron chi connectivity index (χ4n) is 4.61. The van der Waals surface area contributed by atoms with E-state index in [9.17, 15) is 9.59 Å². The van der Waals surface area contributed by atoms with Crippen LogP contribution < -0.4 is 10.6 Å². The molecular weight excluding hydrogens is 409 g/mol. The molecule has 2 N–H and O–H groups in total. The number of methoxy groups -OCH3 is 1. The minimum Gasteiger partial charge on any atom is -0.381 e. The van der Waals surface area contributed by atoms with Crippen molar-refractivity contribution < 1.29 is 18.7 Å². The Hall–Kier alpha value is -3.06. The van der Waals surface area contributed by atoms with Crippen LogP contribution in [0.25, 0.3) is 11.6 Å². The van der Waals surface area contributed by atoms with Gasteiger partial charge in [-0.25, -0.2) is 9.37 Å². The number of carbonyl (C=O) groups excluding carboxylic acids is 2. The van der Waals surface area contributed by atoms with Crippen LogP contribution >= 0.6 is 0 Å². The number of ether oxygens (including phenoxy) is 1. The fraction of sp³-hybridized carbons (Fsp3) is 0.400. The molecule has 1 aromatic heterocycles. The van der Waals surface area contributed by atoms with Gasteiger partial charge in [0.2, 0.25) is 5.91 Å². The van der Waals surface area contributed by atoms with E-state index in [0.717, 1.165) is 36.8 Å². The zero-order valence-corrected chi connectivity index (χ0v) is 18.2. The van der Waals surface area contributed by atoms with Gasteiger partial charge in [0.05, 0.1) is 11.7 Å². The van der Waals surface area contributed by atoms with Crippen LogP contribution in [-0.4, -0.2) is 37.1 Å². The first kappa shape index (κ1) is 20.8. The Bertz CT molecular complexity index is 1130. The summed E-state index contributed by atoms with van der Waals surface area (Å²) in [5.41, 5.74) is 3.88. The largest absolute Gasteiger partial charge is 0.381 e. The first-order valence-electron chi connectivity index (χ1n) is 11.1. The van der Waals surface area contributed by atoms with Gasteiger partial charge in [-0.2, -0.15) is 0 Å². The van der Waals surface area contributed by atoms with E-state index in [-0.39, 0.29) is 35.6 Å². The Balaban J connectivity index is 1.49. The Kier molecular flexibility index (Phi) is 5.29. The Morgan fingerprint density at radius 3 is 2.69 bits per heavy atom. The monoisotopic (exact) mass is 435 g/mol. The SMILES string of the molecule is CNC(=O)c1cnc(NC(=O)C2CC2)c2c1C=C(c1cccc(C3CC(OC)C3)c1F)C2. The highest BCUT2D eigenvalue weighted by Crippen LogP contribution is 2.43. The molecule has 3 aliphatic rings. The normalized spacial score (nSPS) is 21.4. The van der Waals surface area contributed by atoms with Crippen LogP contribution in [0, 0.1) is 11.7 Å². The van der Waals surface area contributed by atoms with Gasteiger partial charge in [-0.05, 0) is 54.4 Å². The number of aromatic nitrogens is 1. The number of carbonyl (C=O) groups is 2. The maximum absolute atomic E-state index is 15.6. The summed E-state index contributed by atoms with van der Waals surface area (Å²) in [5, 5.41) is 5.54. The van der Waals surface area contributed by atoms with E-state index >= 15 is 4.39 Å². The summed E-state index contributed by atoms with van der Waals surface area (Å²) in [6.07, 6.45) is 7.33. The van der Waals surface area contributed by atoms with Gasteiger partial charge in [0.25, 0.3) is 5.91 Å². The van der Waals surface area contributed by atoms with Crippen molar-refractivity contribution >= 4 is 29.3 Å². The molecule has 0 spiro atoms. The lowest BCUT2D eigenvalue weighted by atomic mass is 9.76. The predicted octanol–water partition coefficient (Wildman–Crippen LogP) is 3.92. The molecule has 3 aliphatic carbocycles. The van der Waals surface area contributed by atoms with Crippen molar-refractivity contribution in [2.45, 2.75) is 44.1 Å². The first-order chi connectivity index (χ1) is 15.5. The van der Waals surface area contributed by atoms with Gasteiger partial charge in [0.1, 0.15) is 11.6 Å². The second kappa shape index (κ2) is 8.13. The summed E-state index contributed by atoms with van der Waals surface area (Å²) in [6, 6.07) is 5.50. The summed E-state index contributed by atoms with van der Waals surface area (Å²) in [6.45, 7) is 0. The molecule has 1 aromatic carbocycles. The molecule has 2 aromatic rings. The molecule has 0 saturated heterocycles. The van der Waals surface area contributed by atoms with Gasteiger partial charge in [-0.3, -0.25) is 9.59 Å². The molecule has 7 heteroatoms. The van der Waals surface area contributed by atoms with E-state index in [1.54, 1.807) is 20.2 Å². The van der Waals surface area contributed by atoms with Gasteiger partial charge in [0, 0.05) is 43.8 Å². The zero-order chi connectivity index (χ0) is 22.4. The van der Waals surface area contributed by atoms with Gasteiger partial charge in [-0.15, -0.1) is 0 Å². The van der Waals surface area contributed by atoms with Crippen molar-refractivity contribution in [1.82, 2.24) is 10.3 Å². The molecule has 2 fully saturated rings. The van der Waals surface area contributed by atoms with Crippen molar-refractivity contribution in [3.8, 4) is 0 Å². The molecule has 0 aliphatic heterocycles. The summed E-state index contributed by atoms with van der Waals surface area (Å²) in [4.78, 5) is 29.2. The van der Waals surface area contributed by atoms with Crippen molar-refractivity contribution in [2.75, 3.05) is 19.5 Å². The lowest BCUT2D eigenvalue weighted by Gasteiger charge is -2.34. The number of benzene rings is 1. The number of rotatable bonds is 6. The van der Waals surface area contributed by atoms with E-state index in [1.165, 1.54) is 6.20 Å². The lowest BCUT2D eigenvalue weighted by Crippen LogP contribution is -2.29. The maximum atomic E-state index is 15.6. The number of anilines is 1. The van der Waals surface area contributed by atoms with Crippen LogP contribution in [0.5, 0.6) is 0 Å². The number of hydrogen-bond donors (Lipinski definition) is 2. The van der Waals surface area contributed by atoms with Crippen LogP contribution in [0.2, 0.25) is 0 Å². The van der Waals surface area contributed by atoms with Crippen LogP contribution in [0.3, 0.4) is 0 Å². The smallest absolute Gasteiger partial charge is 0.253 e. The Labute approximate surface area is 186 Å². The Morgan fingerprint density at radius 2 is 2.00 bits per heavy atom. The number of halogens is 1. The highest BCUT2D eigenvalue weighted by Gasteiger charge is 2.34. The number of pyridine rings is 1. The topological polar surface area (TPSA) is 80.3 Å². The quantitative estimate of drug-likeness (QED) is 0.721. The summed E-state index contributed by atoms with van der Waals surface area (Å²) < 4.78 is 20.9. The second-order valence-corrected chi connectivity index (χ2v) is 8.84. The molecule has 6 nitrogen and oxygen atoms in total. The summed E-state index contributed by atoms with van der Waals surface area (Å²) in [7, 11) is 3.25. The summed E-state index contributed by atoms with van der Waals surface area (Å²) in [5.74, 6) is 0.110.